The second-order valence-electron chi connectivity index (χ2n) is 4.24. The van der Waals surface area contributed by atoms with Gasteiger partial charge in [-0.15, -0.1) is 4.79 Å². The summed E-state index contributed by atoms with van der Waals surface area (Å²) in [5.41, 5.74) is 11.1. The third kappa shape index (κ3) is 1.99. The maximum atomic E-state index is 5.61. The lowest BCUT2D eigenvalue weighted by atomic mass is 10.2. The molecule has 2 heterocycles. The smallest absolute Gasteiger partial charge is 0.260 e. The minimum atomic E-state index is 0.249. The van der Waals surface area contributed by atoms with Gasteiger partial charge in [0.15, 0.2) is 0 Å². The number of para-hydroxylation sites is 1. The zero-order valence-electron chi connectivity index (χ0n) is 10.6. The number of benzene rings is 1. The summed E-state index contributed by atoms with van der Waals surface area (Å²) in [6.07, 6.45) is 2.14. The standard InChI is InChI=1S/C12H15N7/c1-2-18-8-9(10-5-3-4-6-11(10)18)7-14-19-12(13)15-16-17-19/h3-6,8,14H,2,7H2,1H3,(H2,13,15,17). The highest BCUT2D eigenvalue weighted by atomic mass is 15.7. The van der Waals surface area contributed by atoms with Crippen LogP contribution in [0, 0.1) is 0 Å². The fraction of sp³-hybridized carbons (Fsp3) is 0.250. The van der Waals surface area contributed by atoms with Gasteiger partial charge >= 0.3 is 0 Å². The lowest BCUT2D eigenvalue weighted by Gasteiger charge is -2.04. The summed E-state index contributed by atoms with van der Waals surface area (Å²) < 4.78 is 2.22. The van der Waals surface area contributed by atoms with Crippen molar-refractivity contribution in [2.45, 2.75) is 20.0 Å². The number of nitrogens with two attached hydrogens (primary N) is 1. The maximum absolute atomic E-state index is 5.61. The van der Waals surface area contributed by atoms with Gasteiger partial charge in [0.05, 0.1) is 6.54 Å². The molecule has 0 spiro atoms. The van der Waals surface area contributed by atoms with Gasteiger partial charge < -0.3 is 15.7 Å². The van der Waals surface area contributed by atoms with Crippen LogP contribution in [0.3, 0.4) is 0 Å². The summed E-state index contributed by atoms with van der Waals surface area (Å²) in [5.74, 6) is 0.249. The van der Waals surface area contributed by atoms with Crippen molar-refractivity contribution in [1.82, 2.24) is 24.9 Å². The predicted molar refractivity (Wildman–Crippen MR) is 72.9 cm³/mol. The van der Waals surface area contributed by atoms with Crippen LogP contribution in [0.5, 0.6) is 0 Å². The van der Waals surface area contributed by atoms with Crippen molar-refractivity contribution in [3.8, 4) is 0 Å². The lowest BCUT2D eigenvalue weighted by Crippen LogP contribution is -2.18. The van der Waals surface area contributed by atoms with Crippen molar-refractivity contribution in [3.63, 3.8) is 0 Å². The number of nitrogens with one attached hydrogen (secondary N) is 1. The number of hydrogen-bond donors (Lipinski definition) is 2. The Bertz CT molecular complexity index is 697. The Morgan fingerprint density at radius 2 is 2.16 bits per heavy atom. The van der Waals surface area contributed by atoms with Crippen molar-refractivity contribution in [1.29, 1.82) is 0 Å². The largest absolute Gasteiger partial charge is 0.365 e. The molecule has 0 aliphatic carbocycles. The van der Waals surface area contributed by atoms with Crippen molar-refractivity contribution < 1.29 is 0 Å². The number of rotatable bonds is 4. The Balaban J connectivity index is 1.91. The number of nitrogens with zero attached hydrogens (tertiary/aromatic N) is 5. The fourth-order valence-corrected chi connectivity index (χ4v) is 2.19. The first-order valence-electron chi connectivity index (χ1n) is 6.14. The first kappa shape index (κ1) is 11.5. The Morgan fingerprint density at radius 3 is 2.89 bits per heavy atom. The van der Waals surface area contributed by atoms with Crippen LogP contribution in [0.4, 0.5) is 5.95 Å². The van der Waals surface area contributed by atoms with Gasteiger partial charge in [0.1, 0.15) is 0 Å². The van der Waals surface area contributed by atoms with Crippen LogP contribution in [0.25, 0.3) is 10.9 Å². The molecule has 3 rings (SSSR count). The van der Waals surface area contributed by atoms with Crippen LogP contribution in [0.15, 0.2) is 30.5 Å². The van der Waals surface area contributed by atoms with Crippen molar-refractivity contribution in [2.24, 2.45) is 0 Å². The SMILES string of the molecule is CCn1cc(CNn2nnnc2N)c2ccccc21. The molecule has 3 N–H and O–H groups in total. The number of anilines is 1. The van der Waals surface area contributed by atoms with Gasteiger partial charge in [-0.25, -0.2) is 0 Å². The van der Waals surface area contributed by atoms with Gasteiger partial charge in [-0.2, -0.15) is 0 Å². The summed E-state index contributed by atoms with van der Waals surface area (Å²) in [6, 6.07) is 8.32. The molecule has 7 heteroatoms. The second-order valence-corrected chi connectivity index (χ2v) is 4.24. The van der Waals surface area contributed by atoms with Gasteiger partial charge in [-0.05, 0) is 29.0 Å². The van der Waals surface area contributed by atoms with Gasteiger partial charge in [0, 0.05) is 23.6 Å². The summed E-state index contributed by atoms with van der Waals surface area (Å²) in [4.78, 5) is 1.37. The molecule has 3 aromatic rings. The first-order valence-corrected chi connectivity index (χ1v) is 6.14. The molecule has 2 aromatic heterocycles. The van der Waals surface area contributed by atoms with Gasteiger partial charge in [-0.3, -0.25) is 0 Å². The zero-order chi connectivity index (χ0) is 13.2. The summed E-state index contributed by atoms with van der Waals surface area (Å²) in [5, 5.41) is 12.1. The number of aromatic nitrogens is 5. The van der Waals surface area contributed by atoms with Gasteiger partial charge in [0.25, 0.3) is 5.95 Å². The molecule has 0 fully saturated rings. The van der Waals surface area contributed by atoms with Crippen LogP contribution >= 0.6 is 0 Å². The number of tetrazole rings is 1. The number of fused-ring (bicyclic) bond motifs is 1. The molecule has 0 bridgehead atoms. The molecule has 0 saturated carbocycles. The predicted octanol–water partition coefficient (Wildman–Crippen LogP) is 0.974. The number of nitrogen functional groups attached to an aromatic ring is 1. The van der Waals surface area contributed by atoms with E-state index in [0.29, 0.717) is 6.54 Å². The van der Waals surface area contributed by atoms with E-state index in [4.69, 9.17) is 5.73 Å². The normalized spacial score (nSPS) is 11.0. The fourth-order valence-electron chi connectivity index (χ4n) is 2.19. The monoisotopic (exact) mass is 257 g/mol. The average Bonchev–Trinajstić information content (AvgIpc) is 3.00. The molecule has 0 amide bonds. The average molecular weight is 257 g/mol. The van der Waals surface area contributed by atoms with Crippen LogP contribution in [-0.2, 0) is 13.1 Å². The van der Waals surface area contributed by atoms with Crippen molar-refractivity contribution in [3.05, 3.63) is 36.0 Å². The highest BCUT2D eigenvalue weighted by molar-refractivity contribution is 5.84. The number of hydrogen-bond acceptors (Lipinski definition) is 5. The minimum Gasteiger partial charge on any atom is -0.365 e. The first-order chi connectivity index (χ1) is 9.29. The highest BCUT2D eigenvalue weighted by Gasteiger charge is 2.07. The highest BCUT2D eigenvalue weighted by Crippen LogP contribution is 2.21. The summed E-state index contributed by atoms with van der Waals surface area (Å²) in [7, 11) is 0. The van der Waals surface area contributed by atoms with E-state index in [1.807, 2.05) is 12.1 Å². The van der Waals surface area contributed by atoms with Crippen molar-refractivity contribution in [2.75, 3.05) is 11.2 Å². The molecule has 0 radical (unpaired) electrons. The molecule has 0 unspecified atom stereocenters. The zero-order valence-corrected chi connectivity index (χ0v) is 10.6. The number of aryl methyl sites for hydroxylation is 1. The molecule has 98 valence electrons. The minimum absolute atomic E-state index is 0.249. The molecule has 1 aromatic carbocycles. The van der Waals surface area contributed by atoms with E-state index in [1.165, 1.54) is 21.3 Å². The molecule has 0 saturated heterocycles. The molecule has 19 heavy (non-hydrogen) atoms. The quantitative estimate of drug-likeness (QED) is 0.727. The van der Waals surface area contributed by atoms with Gasteiger partial charge in [0.2, 0.25) is 0 Å². The van der Waals surface area contributed by atoms with E-state index in [0.717, 1.165) is 6.54 Å². The summed E-state index contributed by atoms with van der Waals surface area (Å²) >= 11 is 0. The van der Waals surface area contributed by atoms with E-state index in [1.54, 1.807) is 0 Å². The third-order valence-corrected chi connectivity index (χ3v) is 3.12. The van der Waals surface area contributed by atoms with E-state index in [-0.39, 0.29) is 5.95 Å². The topological polar surface area (TPSA) is 86.6 Å². The van der Waals surface area contributed by atoms with Crippen LogP contribution in [0.1, 0.15) is 12.5 Å². The van der Waals surface area contributed by atoms with Crippen LogP contribution < -0.4 is 11.2 Å². The van der Waals surface area contributed by atoms with E-state index < -0.39 is 0 Å². The molecule has 0 aliphatic heterocycles. The van der Waals surface area contributed by atoms with Crippen LogP contribution in [-0.4, -0.2) is 24.9 Å². The molecule has 0 aliphatic rings. The van der Waals surface area contributed by atoms with Crippen LogP contribution in [0.2, 0.25) is 0 Å². The molecule has 7 nitrogen and oxygen atoms in total. The van der Waals surface area contributed by atoms with Gasteiger partial charge in [-0.1, -0.05) is 23.3 Å². The summed E-state index contributed by atoms with van der Waals surface area (Å²) in [6.45, 7) is 3.68. The van der Waals surface area contributed by atoms with Crippen molar-refractivity contribution >= 4 is 16.9 Å². The molecule has 0 atom stereocenters. The van der Waals surface area contributed by atoms with E-state index in [2.05, 4.69) is 50.8 Å². The Labute approximate surface area is 110 Å². The van der Waals surface area contributed by atoms with E-state index >= 15 is 0 Å². The second kappa shape index (κ2) is 4.60. The Hall–Kier alpha value is -2.57. The maximum Gasteiger partial charge on any atom is 0.260 e. The van der Waals surface area contributed by atoms with E-state index in [9.17, 15) is 0 Å². The Morgan fingerprint density at radius 1 is 1.32 bits per heavy atom. The molecular formula is C12H15N7. The molecular weight excluding hydrogens is 242 g/mol. The Kier molecular flexibility index (Phi) is 2.79. The third-order valence-electron chi connectivity index (χ3n) is 3.12. The lowest BCUT2D eigenvalue weighted by molar-refractivity contribution is 0.692.